The third kappa shape index (κ3) is 7.29. The van der Waals surface area contributed by atoms with Gasteiger partial charge in [0.15, 0.2) is 5.96 Å². The number of benzene rings is 1. The zero-order valence-corrected chi connectivity index (χ0v) is 17.3. The van der Waals surface area contributed by atoms with Crippen LogP contribution < -0.4 is 11.1 Å². The molecule has 0 aliphatic carbocycles. The number of likely N-dealkylation sites (tertiary alicyclic amines) is 1. The first-order chi connectivity index (χ1) is 12.8. The second-order valence-electron chi connectivity index (χ2n) is 7.78. The fourth-order valence-electron chi connectivity index (χ4n) is 3.23. The van der Waals surface area contributed by atoms with Crippen molar-refractivity contribution < 1.29 is 9.53 Å². The van der Waals surface area contributed by atoms with Crippen molar-refractivity contribution in [2.75, 3.05) is 26.2 Å². The Bertz CT molecular complexity index is 655. The lowest BCUT2D eigenvalue weighted by molar-refractivity contribution is 0.0963. The highest BCUT2D eigenvalue weighted by molar-refractivity contribution is 6.30. The molecule has 1 amide bonds. The summed E-state index contributed by atoms with van der Waals surface area (Å²) in [7, 11) is 0. The monoisotopic (exact) mass is 394 g/mol. The van der Waals surface area contributed by atoms with Gasteiger partial charge in [-0.15, -0.1) is 0 Å². The molecular formula is C20H31ClN4O2. The SMILES string of the molecule is CCOC(=O)N1CCC(NC(N)=NCC(C)(C)Cc2cccc(Cl)c2)CC1. The summed E-state index contributed by atoms with van der Waals surface area (Å²) in [5, 5.41) is 4.04. The first-order valence-corrected chi connectivity index (χ1v) is 9.89. The summed E-state index contributed by atoms with van der Waals surface area (Å²) < 4.78 is 5.04. The number of hydrogen-bond acceptors (Lipinski definition) is 3. The molecular weight excluding hydrogens is 364 g/mol. The van der Waals surface area contributed by atoms with E-state index < -0.39 is 0 Å². The van der Waals surface area contributed by atoms with Crippen LogP contribution in [0.15, 0.2) is 29.3 Å². The van der Waals surface area contributed by atoms with E-state index in [2.05, 4.69) is 30.2 Å². The van der Waals surface area contributed by atoms with E-state index in [0.29, 0.717) is 32.2 Å². The maximum absolute atomic E-state index is 11.7. The number of ether oxygens (including phenoxy) is 1. The van der Waals surface area contributed by atoms with E-state index in [1.807, 2.05) is 25.1 Å². The highest BCUT2D eigenvalue weighted by Crippen LogP contribution is 2.24. The molecule has 150 valence electrons. The molecule has 0 radical (unpaired) electrons. The summed E-state index contributed by atoms with van der Waals surface area (Å²) in [6.45, 7) is 8.53. The van der Waals surface area contributed by atoms with Gasteiger partial charge in [0.1, 0.15) is 0 Å². The van der Waals surface area contributed by atoms with Gasteiger partial charge in [-0.3, -0.25) is 4.99 Å². The molecule has 7 heteroatoms. The molecule has 3 N–H and O–H groups in total. The molecule has 1 aromatic rings. The fourth-order valence-corrected chi connectivity index (χ4v) is 3.44. The van der Waals surface area contributed by atoms with Crippen LogP contribution in [0.3, 0.4) is 0 Å². The molecule has 1 fully saturated rings. The standard InChI is InChI=1S/C20H31ClN4O2/c1-4-27-19(26)25-10-8-17(9-11-25)24-18(22)23-14-20(2,3)13-15-6-5-7-16(21)12-15/h5-7,12,17H,4,8-11,13-14H2,1-3H3,(H3,22,23,24). The molecule has 0 atom stereocenters. The number of nitrogens with zero attached hydrogens (tertiary/aromatic N) is 2. The Kier molecular flexibility index (Phi) is 7.78. The molecule has 1 aliphatic heterocycles. The van der Waals surface area contributed by atoms with Gasteiger partial charge in [0, 0.05) is 30.7 Å². The number of aliphatic imine (C=N–C) groups is 1. The molecule has 6 nitrogen and oxygen atoms in total. The minimum atomic E-state index is -0.236. The molecule has 1 aliphatic rings. The zero-order chi connectivity index (χ0) is 19.9. The van der Waals surface area contributed by atoms with Crippen molar-refractivity contribution in [1.29, 1.82) is 0 Å². The van der Waals surface area contributed by atoms with Gasteiger partial charge in [-0.25, -0.2) is 4.79 Å². The van der Waals surface area contributed by atoms with Gasteiger partial charge < -0.3 is 20.7 Å². The summed E-state index contributed by atoms with van der Waals surface area (Å²) in [4.78, 5) is 18.0. The lowest BCUT2D eigenvalue weighted by atomic mass is 9.86. The predicted octanol–water partition coefficient (Wildman–Crippen LogP) is 3.43. The molecule has 0 bridgehead atoms. The van der Waals surface area contributed by atoms with E-state index >= 15 is 0 Å². The van der Waals surface area contributed by atoms with E-state index in [4.69, 9.17) is 22.1 Å². The predicted molar refractivity (Wildman–Crippen MR) is 110 cm³/mol. The van der Waals surface area contributed by atoms with Crippen molar-refractivity contribution >= 4 is 23.7 Å². The summed E-state index contributed by atoms with van der Waals surface area (Å²) in [5.74, 6) is 0.462. The Hall–Kier alpha value is -1.95. The average molecular weight is 395 g/mol. The number of rotatable bonds is 6. The molecule has 0 saturated carbocycles. The van der Waals surface area contributed by atoms with Crippen LogP contribution in [0.25, 0.3) is 0 Å². The van der Waals surface area contributed by atoms with Crippen LogP contribution in [0.4, 0.5) is 4.79 Å². The molecule has 1 aromatic carbocycles. The van der Waals surface area contributed by atoms with Crippen LogP contribution in [0.1, 0.15) is 39.2 Å². The number of piperidine rings is 1. The Morgan fingerprint density at radius 2 is 2.11 bits per heavy atom. The Morgan fingerprint density at radius 3 is 2.74 bits per heavy atom. The summed E-state index contributed by atoms with van der Waals surface area (Å²) in [6.07, 6.45) is 2.31. The van der Waals surface area contributed by atoms with Gasteiger partial charge in [0.05, 0.1) is 6.61 Å². The highest BCUT2D eigenvalue weighted by Gasteiger charge is 2.24. The third-order valence-corrected chi connectivity index (χ3v) is 4.86. The lowest BCUT2D eigenvalue weighted by Crippen LogP contribution is -2.48. The van der Waals surface area contributed by atoms with Crippen molar-refractivity contribution in [2.24, 2.45) is 16.1 Å². The summed E-state index contributed by atoms with van der Waals surface area (Å²) >= 11 is 6.07. The fraction of sp³-hybridized carbons (Fsp3) is 0.600. The number of nitrogens with one attached hydrogen (secondary N) is 1. The Balaban J connectivity index is 1.79. The van der Waals surface area contributed by atoms with Crippen LogP contribution in [0.5, 0.6) is 0 Å². The molecule has 27 heavy (non-hydrogen) atoms. The van der Waals surface area contributed by atoms with Crippen molar-refractivity contribution in [2.45, 2.75) is 46.1 Å². The molecule has 0 spiro atoms. The van der Waals surface area contributed by atoms with Gasteiger partial charge >= 0.3 is 6.09 Å². The number of guanidine groups is 1. The van der Waals surface area contributed by atoms with Gasteiger partial charge in [0.2, 0.25) is 0 Å². The first kappa shape index (κ1) is 21.4. The quantitative estimate of drug-likeness (QED) is 0.572. The van der Waals surface area contributed by atoms with Crippen LogP contribution >= 0.6 is 11.6 Å². The van der Waals surface area contributed by atoms with Crippen LogP contribution in [0, 0.1) is 5.41 Å². The van der Waals surface area contributed by atoms with Crippen molar-refractivity contribution in [1.82, 2.24) is 10.2 Å². The van der Waals surface area contributed by atoms with Gasteiger partial charge in [0.25, 0.3) is 0 Å². The van der Waals surface area contributed by atoms with E-state index in [0.717, 1.165) is 24.3 Å². The van der Waals surface area contributed by atoms with Crippen molar-refractivity contribution in [3.05, 3.63) is 34.9 Å². The van der Waals surface area contributed by atoms with Gasteiger partial charge in [-0.2, -0.15) is 0 Å². The van der Waals surface area contributed by atoms with Crippen molar-refractivity contribution in [3.8, 4) is 0 Å². The number of amides is 1. The molecule has 0 unspecified atom stereocenters. The normalized spacial score (nSPS) is 16.3. The minimum absolute atomic E-state index is 0.0236. The Labute approximate surface area is 167 Å². The Morgan fingerprint density at radius 1 is 1.41 bits per heavy atom. The summed E-state index contributed by atoms with van der Waals surface area (Å²) in [5.41, 5.74) is 7.26. The molecule has 2 rings (SSSR count). The van der Waals surface area contributed by atoms with Crippen LogP contribution in [0.2, 0.25) is 5.02 Å². The van der Waals surface area contributed by atoms with E-state index in [9.17, 15) is 4.79 Å². The van der Waals surface area contributed by atoms with Gasteiger partial charge in [-0.05, 0) is 49.3 Å². The molecule has 0 aromatic heterocycles. The topological polar surface area (TPSA) is 80.0 Å². The lowest BCUT2D eigenvalue weighted by Gasteiger charge is -2.32. The van der Waals surface area contributed by atoms with Crippen LogP contribution in [-0.2, 0) is 11.2 Å². The zero-order valence-electron chi connectivity index (χ0n) is 16.5. The highest BCUT2D eigenvalue weighted by atomic mass is 35.5. The maximum atomic E-state index is 11.7. The molecule has 1 saturated heterocycles. The van der Waals surface area contributed by atoms with E-state index in [-0.39, 0.29) is 17.6 Å². The number of nitrogens with two attached hydrogens (primary N) is 1. The second-order valence-corrected chi connectivity index (χ2v) is 8.21. The van der Waals surface area contributed by atoms with Gasteiger partial charge in [-0.1, -0.05) is 37.6 Å². The second kappa shape index (κ2) is 9.83. The minimum Gasteiger partial charge on any atom is -0.450 e. The van der Waals surface area contributed by atoms with E-state index in [1.54, 1.807) is 4.90 Å². The van der Waals surface area contributed by atoms with Crippen molar-refractivity contribution in [3.63, 3.8) is 0 Å². The summed E-state index contributed by atoms with van der Waals surface area (Å²) in [6, 6.07) is 8.15. The first-order valence-electron chi connectivity index (χ1n) is 9.51. The molecule has 1 heterocycles. The number of carbonyl (C=O) groups excluding carboxylic acids is 1. The van der Waals surface area contributed by atoms with E-state index in [1.165, 1.54) is 5.56 Å². The number of carbonyl (C=O) groups is 1. The number of hydrogen-bond donors (Lipinski definition) is 2. The smallest absolute Gasteiger partial charge is 0.409 e. The largest absolute Gasteiger partial charge is 0.450 e. The number of halogens is 1. The average Bonchev–Trinajstić information content (AvgIpc) is 2.60. The third-order valence-electron chi connectivity index (χ3n) is 4.62. The maximum Gasteiger partial charge on any atom is 0.409 e. The van der Waals surface area contributed by atoms with Crippen LogP contribution in [-0.4, -0.2) is 49.2 Å².